The molecule has 0 radical (unpaired) electrons. The van der Waals surface area contributed by atoms with Crippen molar-refractivity contribution in [3.63, 3.8) is 0 Å². The van der Waals surface area contributed by atoms with Gasteiger partial charge in [0.1, 0.15) is 11.5 Å². The van der Waals surface area contributed by atoms with Crippen molar-refractivity contribution in [3.05, 3.63) is 83.9 Å². The van der Waals surface area contributed by atoms with E-state index < -0.39 is 11.9 Å². The van der Waals surface area contributed by atoms with Crippen LogP contribution in [0.5, 0.6) is 0 Å². The maximum atomic E-state index is 13.7. The Bertz CT molecular complexity index is 1760. The summed E-state index contributed by atoms with van der Waals surface area (Å²) in [6.07, 6.45) is 2.76. The zero-order chi connectivity index (χ0) is 28.0. The minimum absolute atomic E-state index is 0.0502. The number of fused-ring (bicyclic) bond motifs is 2. The van der Waals surface area contributed by atoms with Gasteiger partial charge >= 0.3 is 0 Å². The number of pyridine rings is 1. The molecule has 0 fully saturated rings. The van der Waals surface area contributed by atoms with Crippen molar-refractivity contribution in [1.29, 1.82) is 0 Å². The Kier molecular flexibility index (Phi) is 6.29. The number of carbonyl (C=O) groups excluding carboxylic acids is 2. The second-order valence-electron chi connectivity index (χ2n) is 9.78. The SMILES string of the molecule is CC(C)C(=O)N1CCn2nc(-c3ccc(F)cc3)c(-c3ccc4nc(NC(=O)c5ccnc(F)c5)cn4n3)c2C1. The first kappa shape index (κ1) is 25.3. The second-order valence-corrected chi connectivity index (χ2v) is 9.78. The molecule has 5 heterocycles. The van der Waals surface area contributed by atoms with Crippen LogP contribution in [0.4, 0.5) is 14.6 Å². The van der Waals surface area contributed by atoms with E-state index in [2.05, 4.69) is 15.3 Å². The van der Waals surface area contributed by atoms with Crippen molar-refractivity contribution in [1.82, 2.24) is 34.3 Å². The van der Waals surface area contributed by atoms with E-state index in [1.54, 1.807) is 30.5 Å². The molecule has 0 aliphatic carbocycles. The number of amides is 2. The van der Waals surface area contributed by atoms with Crippen LogP contribution in [-0.4, -0.2) is 52.6 Å². The lowest BCUT2D eigenvalue weighted by molar-refractivity contribution is -0.136. The van der Waals surface area contributed by atoms with Gasteiger partial charge in [-0.05, 0) is 42.5 Å². The molecule has 2 amide bonds. The largest absolute Gasteiger partial charge is 0.335 e. The van der Waals surface area contributed by atoms with Crippen LogP contribution in [0.3, 0.4) is 0 Å². The molecule has 0 spiro atoms. The van der Waals surface area contributed by atoms with Crippen molar-refractivity contribution in [2.45, 2.75) is 26.9 Å². The molecule has 10 nitrogen and oxygen atoms in total. The highest BCUT2D eigenvalue weighted by molar-refractivity contribution is 6.03. The van der Waals surface area contributed by atoms with Crippen LogP contribution in [0.1, 0.15) is 29.9 Å². The molecule has 1 aromatic carbocycles. The topological polar surface area (TPSA) is 110 Å². The highest BCUT2D eigenvalue weighted by Gasteiger charge is 2.29. The van der Waals surface area contributed by atoms with E-state index in [9.17, 15) is 18.4 Å². The van der Waals surface area contributed by atoms with Crippen LogP contribution in [0, 0.1) is 17.7 Å². The molecular formula is C28H24F2N8O2. The monoisotopic (exact) mass is 542 g/mol. The van der Waals surface area contributed by atoms with Gasteiger partial charge in [0.2, 0.25) is 11.9 Å². The molecule has 1 aliphatic rings. The Labute approximate surface area is 227 Å². The first-order valence-corrected chi connectivity index (χ1v) is 12.7. The van der Waals surface area contributed by atoms with Gasteiger partial charge in [0.25, 0.3) is 5.91 Å². The quantitative estimate of drug-likeness (QED) is 0.334. The molecule has 0 saturated heterocycles. The number of nitrogens with one attached hydrogen (secondary N) is 1. The van der Waals surface area contributed by atoms with Gasteiger partial charge in [-0.1, -0.05) is 13.8 Å². The first-order valence-electron chi connectivity index (χ1n) is 12.7. The molecule has 6 rings (SSSR count). The number of anilines is 1. The molecule has 0 atom stereocenters. The van der Waals surface area contributed by atoms with Gasteiger partial charge in [0.15, 0.2) is 11.5 Å². The maximum absolute atomic E-state index is 13.7. The van der Waals surface area contributed by atoms with Crippen LogP contribution in [0.25, 0.3) is 28.2 Å². The Morgan fingerprint density at radius 1 is 1.00 bits per heavy atom. The van der Waals surface area contributed by atoms with E-state index in [-0.39, 0.29) is 29.0 Å². The van der Waals surface area contributed by atoms with Crippen LogP contribution in [0.15, 0.2) is 60.9 Å². The Morgan fingerprint density at radius 3 is 2.55 bits per heavy atom. The number of imidazole rings is 1. The molecule has 0 saturated carbocycles. The average Bonchev–Trinajstić information content (AvgIpc) is 3.52. The number of nitrogens with zero attached hydrogens (tertiary/aromatic N) is 7. The summed E-state index contributed by atoms with van der Waals surface area (Å²) in [5, 5.41) is 12.2. The standard InChI is InChI=1S/C28H24F2N8O2/c1-16(2)28(40)36-11-12-37-21(14-36)25(26(35-37)17-3-5-19(29)6-4-17)20-7-8-24-32-23(15-38(24)34-20)33-27(39)18-9-10-31-22(30)13-18/h3-10,13,15-16H,11-12,14H2,1-2H3,(H,33,39). The number of hydrogen-bond acceptors (Lipinski definition) is 6. The van der Waals surface area contributed by atoms with Gasteiger partial charge in [-0.25, -0.2) is 18.9 Å². The van der Waals surface area contributed by atoms with Gasteiger partial charge in [0, 0.05) is 35.9 Å². The number of halogens is 2. The van der Waals surface area contributed by atoms with E-state index in [1.807, 2.05) is 23.4 Å². The molecule has 12 heteroatoms. The number of aromatic nitrogens is 6. The fraction of sp³-hybridized carbons (Fsp3) is 0.214. The zero-order valence-corrected chi connectivity index (χ0v) is 21.7. The number of carbonyl (C=O) groups is 2. The van der Waals surface area contributed by atoms with Crippen LogP contribution in [0.2, 0.25) is 0 Å². The van der Waals surface area contributed by atoms with Crippen molar-refractivity contribution in [2.75, 3.05) is 11.9 Å². The third-order valence-corrected chi connectivity index (χ3v) is 6.71. The van der Waals surface area contributed by atoms with Crippen molar-refractivity contribution in [3.8, 4) is 22.5 Å². The molecule has 4 aromatic heterocycles. The summed E-state index contributed by atoms with van der Waals surface area (Å²) >= 11 is 0. The molecule has 40 heavy (non-hydrogen) atoms. The number of hydrogen-bond donors (Lipinski definition) is 1. The highest BCUT2D eigenvalue weighted by atomic mass is 19.1. The Morgan fingerprint density at radius 2 is 1.80 bits per heavy atom. The average molecular weight is 543 g/mol. The molecule has 202 valence electrons. The molecule has 0 unspecified atom stereocenters. The summed E-state index contributed by atoms with van der Waals surface area (Å²) < 4.78 is 30.6. The lowest BCUT2D eigenvalue weighted by Gasteiger charge is -2.29. The fourth-order valence-corrected chi connectivity index (χ4v) is 4.76. The van der Waals surface area contributed by atoms with Crippen LogP contribution < -0.4 is 5.32 Å². The summed E-state index contributed by atoms with van der Waals surface area (Å²) in [6.45, 7) is 5.14. The molecule has 5 aromatic rings. The maximum Gasteiger partial charge on any atom is 0.257 e. The minimum atomic E-state index is -0.760. The Balaban J connectivity index is 1.40. The highest BCUT2D eigenvalue weighted by Crippen LogP contribution is 2.36. The van der Waals surface area contributed by atoms with Gasteiger partial charge in [-0.3, -0.25) is 14.3 Å². The summed E-state index contributed by atoms with van der Waals surface area (Å²) in [5.41, 5.74) is 4.02. The summed E-state index contributed by atoms with van der Waals surface area (Å²) in [5.74, 6) is -1.52. The number of benzene rings is 1. The number of rotatable bonds is 5. The first-order chi connectivity index (χ1) is 19.3. The van der Waals surface area contributed by atoms with E-state index in [0.717, 1.165) is 17.3 Å². The zero-order valence-electron chi connectivity index (χ0n) is 21.7. The van der Waals surface area contributed by atoms with Crippen molar-refractivity contribution >= 4 is 23.3 Å². The van der Waals surface area contributed by atoms with Crippen LogP contribution >= 0.6 is 0 Å². The van der Waals surface area contributed by atoms with Crippen molar-refractivity contribution in [2.24, 2.45) is 5.92 Å². The fourth-order valence-electron chi connectivity index (χ4n) is 4.76. The minimum Gasteiger partial charge on any atom is -0.335 e. The lowest BCUT2D eigenvalue weighted by atomic mass is 10.0. The van der Waals surface area contributed by atoms with Gasteiger partial charge in [-0.15, -0.1) is 0 Å². The second kappa shape index (κ2) is 9.95. The molecule has 0 bridgehead atoms. The molecule has 1 N–H and O–H groups in total. The predicted molar refractivity (Wildman–Crippen MR) is 142 cm³/mol. The summed E-state index contributed by atoms with van der Waals surface area (Å²) in [4.78, 5) is 35.1. The van der Waals surface area contributed by atoms with Gasteiger partial charge in [0.05, 0.1) is 36.2 Å². The molecular weight excluding hydrogens is 518 g/mol. The van der Waals surface area contributed by atoms with E-state index in [0.29, 0.717) is 42.2 Å². The lowest BCUT2D eigenvalue weighted by Crippen LogP contribution is -2.40. The van der Waals surface area contributed by atoms with Gasteiger partial charge in [-0.2, -0.15) is 14.6 Å². The summed E-state index contributed by atoms with van der Waals surface area (Å²) in [7, 11) is 0. The van der Waals surface area contributed by atoms with Crippen molar-refractivity contribution < 1.29 is 18.4 Å². The third-order valence-electron chi connectivity index (χ3n) is 6.71. The molecule has 1 aliphatic heterocycles. The van der Waals surface area contributed by atoms with E-state index in [4.69, 9.17) is 10.2 Å². The summed E-state index contributed by atoms with van der Waals surface area (Å²) in [6, 6.07) is 12.1. The normalized spacial score (nSPS) is 13.1. The van der Waals surface area contributed by atoms with Gasteiger partial charge < -0.3 is 10.2 Å². The Hall–Kier alpha value is -5.00. The van der Waals surface area contributed by atoms with Crippen LogP contribution in [-0.2, 0) is 17.9 Å². The van der Waals surface area contributed by atoms with E-state index >= 15 is 0 Å². The third kappa shape index (κ3) is 4.68. The predicted octanol–water partition coefficient (Wildman–Crippen LogP) is 4.18. The smallest absolute Gasteiger partial charge is 0.257 e. The van der Waals surface area contributed by atoms with E-state index in [1.165, 1.54) is 28.9 Å².